The molecule has 6 heteroatoms. The fourth-order valence-corrected chi connectivity index (χ4v) is 6.37. The van der Waals surface area contributed by atoms with Crippen molar-refractivity contribution in [3.63, 3.8) is 0 Å². The quantitative estimate of drug-likeness (QED) is 0.552. The second-order valence-corrected chi connectivity index (χ2v) is 8.57. The summed E-state index contributed by atoms with van der Waals surface area (Å²) in [6.45, 7) is -0.143. The number of likely N-dealkylation sites (tertiary alicyclic amines) is 1. The standard InChI is InChI=1S/C21H16BrNO4/c22-21-13-7-3-1-5-11(13)16(12-6-2-4-8-14(12)21)17-18(21)20(27)23(19(17)26)10-9-15(24)25/h1-8,16-18H,9-10H2,(H,24,25)/p-1/t16?,17-,18-,21?/m1/s1. The van der Waals surface area contributed by atoms with Gasteiger partial charge < -0.3 is 9.90 Å². The molecule has 0 spiro atoms. The number of hydrogen-bond acceptors (Lipinski definition) is 4. The molecule has 1 heterocycles. The van der Waals surface area contributed by atoms with E-state index in [-0.39, 0.29) is 30.7 Å². The number of carbonyl (C=O) groups is 3. The molecule has 0 saturated carbocycles. The van der Waals surface area contributed by atoms with Gasteiger partial charge in [-0.25, -0.2) is 0 Å². The van der Waals surface area contributed by atoms with Crippen LogP contribution in [0.3, 0.4) is 0 Å². The maximum Gasteiger partial charge on any atom is 0.235 e. The smallest absolute Gasteiger partial charge is 0.235 e. The average molecular weight is 425 g/mol. The van der Waals surface area contributed by atoms with Gasteiger partial charge in [-0.2, -0.15) is 0 Å². The van der Waals surface area contributed by atoms with Crippen molar-refractivity contribution in [1.29, 1.82) is 0 Å². The number of aliphatic carboxylic acids is 1. The van der Waals surface area contributed by atoms with Crippen molar-refractivity contribution in [3.8, 4) is 0 Å². The Morgan fingerprint density at radius 3 is 2.11 bits per heavy atom. The summed E-state index contributed by atoms with van der Waals surface area (Å²) in [5.41, 5.74) is 4.13. The Bertz CT molecular complexity index is 969. The molecule has 0 aromatic heterocycles. The Labute approximate surface area is 164 Å². The maximum atomic E-state index is 13.2. The van der Waals surface area contributed by atoms with E-state index in [1.54, 1.807) is 0 Å². The zero-order chi connectivity index (χ0) is 18.9. The molecular weight excluding hydrogens is 410 g/mol. The van der Waals surface area contributed by atoms with E-state index in [1.807, 2.05) is 48.5 Å². The minimum atomic E-state index is -1.27. The number of hydrogen-bond donors (Lipinski definition) is 0. The summed E-state index contributed by atoms with van der Waals surface area (Å²) >= 11 is 3.88. The SMILES string of the molecule is O=C([O-])CCN1C(=O)[C@@H]2C3c4ccccc4C(Br)(c4ccccc43)[C@H]2C1=O. The van der Waals surface area contributed by atoms with Crippen LogP contribution >= 0.6 is 15.9 Å². The van der Waals surface area contributed by atoms with E-state index in [0.717, 1.165) is 27.2 Å². The molecule has 2 bridgehead atoms. The molecule has 5 nitrogen and oxygen atoms in total. The van der Waals surface area contributed by atoms with Crippen LogP contribution in [0.2, 0.25) is 0 Å². The molecule has 3 aliphatic carbocycles. The Kier molecular flexibility index (Phi) is 3.41. The van der Waals surface area contributed by atoms with Gasteiger partial charge in [0.25, 0.3) is 0 Å². The highest BCUT2D eigenvalue weighted by Crippen LogP contribution is 2.66. The maximum absolute atomic E-state index is 13.2. The molecule has 2 aromatic rings. The summed E-state index contributed by atoms with van der Waals surface area (Å²) in [7, 11) is 0. The summed E-state index contributed by atoms with van der Waals surface area (Å²) in [6, 6.07) is 15.8. The van der Waals surface area contributed by atoms with Crippen molar-refractivity contribution in [3.05, 3.63) is 70.8 Å². The summed E-state index contributed by atoms with van der Waals surface area (Å²) in [4.78, 5) is 38.4. The van der Waals surface area contributed by atoms with E-state index in [0.29, 0.717) is 0 Å². The van der Waals surface area contributed by atoms with E-state index in [9.17, 15) is 19.5 Å². The first-order chi connectivity index (χ1) is 13.0. The van der Waals surface area contributed by atoms with Crippen molar-refractivity contribution < 1.29 is 19.5 Å². The third-order valence-electron chi connectivity index (χ3n) is 6.15. The number of benzene rings is 2. The van der Waals surface area contributed by atoms with Crippen molar-refractivity contribution in [2.75, 3.05) is 6.54 Å². The van der Waals surface area contributed by atoms with Gasteiger partial charge in [-0.15, -0.1) is 0 Å². The van der Waals surface area contributed by atoms with Gasteiger partial charge in [0.15, 0.2) is 0 Å². The molecule has 0 N–H and O–H groups in total. The van der Waals surface area contributed by atoms with Gasteiger partial charge in [-0.1, -0.05) is 64.5 Å². The zero-order valence-corrected chi connectivity index (χ0v) is 15.8. The lowest BCUT2D eigenvalue weighted by molar-refractivity contribution is -0.305. The molecule has 1 aliphatic heterocycles. The van der Waals surface area contributed by atoms with E-state index in [1.165, 1.54) is 0 Å². The minimum absolute atomic E-state index is 0.143. The minimum Gasteiger partial charge on any atom is -0.550 e. The van der Waals surface area contributed by atoms with E-state index in [2.05, 4.69) is 15.9 Å². The first-order valence-electron chi connectivity index (χ1n) is 8.89. The first kappa shape index (κ1) is 16.7. The van der Waals surface area contributed by atoms with E-state index < -0.39 is 22.1 Å². The predicted octanol–water partition coefficient (Wildman–Crippen LogP) is 1.53. The van der Waals surface area contributed by atoms with Crippen LogP contribution in [0.25, 0.3) is 0 Å². The predicted molar refractivity (Wildman–Crippen MR) is 97.8 cm³/mol. The van der Waals surface area contributed by atoms with E-state index >= 15 is 0 Å². The number of nitrogens with zero attached hydrogens (tertiary/aromatic N) is 1. The van der Waals surface area contributed by atoms with Crippen LogP contribution in [0.15, 0.2) is 48.5 Å². The third-order valence-corrected chi connectivity index (χ3v) is 7.49. The molecular formula is C21H15BrNO4-. The number of halogens is 1. The zero-order valence-electron chi connectivity index (χ0n) is 14.2. The Hall–Kier alpha value is -2.47. The lowest BCUT2D eigenvalue weighted by Gasteiger charge is -2.51. The topological polar surface area (TPSA) is 77.5 Å². The van der Waals surface area contributed by atoms with Crippen LogP contribution in [0.4, 0.5) is 0 Å². The molecule has 27 heavy (non-hydrogen) atoms. The molecule has 4 aliphatic rings. The van der Waals surface area contributed by atoms with Crippen LogP contribution in [0, 0.1) is 11.8 Å². The van der Waals surface area contributed by atoms with Gasteiger partial charge in [-0.3, -0.25) is 14.5 Å². The van der Waals surface area contributed by atoms with Crippen molar-refractivity contribution in [2.24, 2.45) is 11.8 Å². The molecule has 1 saturated heterocycles. The Morgan fingerprint density at radius 1 is 1.00 bits per heavy atom. The molecule has 136 valence electrons. The Balaban J connectivity index is 1.73. The number of carbonyl (C=O) groups excluding carboxylic acids is 3. The van der Waals surface area contributed by atoms with Crippen LogP contribution in [-0.4, -0.2) is 29.2 Å². The van der Waals surface area contributed by atoms with Crippen molar-refractivity contribution in [2.45, 2.75) is 16.7 Å². The molecule has 2 atom stereocenters. The second kappa shape index (κ2) is 5.52. The van der Waals surface area contributed by atoms with Gasteiger partial charge in [-0.05, 0) is 22.3 Å². The average Bonchev–Trinajstić information content (AvgIpc) is 2.92. The van der Waals surface area contributed by atoms with Crippen molar-refractivity contribution in [1.82, 2.24) is 4.90 Å². The molecule has 6 rings (SSSR count). The lowest BCUT2D eigenvalue weighted by atomic mass is 9.55. The second-order valence-electron chi connectivity index (χ2n) is 7.32. The van der Waals surface area contributed by atoms with Crippen molar-refractivity contribution >= 4 is 33.7 Å². The fraction of sp³-hybridized carbons (Fsp3) is 0.286. The van der Waals surface area contributed by atoms with Gasteiger partial charge in [0.1, 0.15) is 0 Å². The van der Waals surface area contributed by atoms with Crippen LogP contribution in [0.5, 0.6) is 0 Å². The third kappa shape index (κ3) is 1.96. The number of carboxylic acids is 1. The van der Waals surface area contributed by atoms with E-state index in [4.69, 9.17) is 0 Å². The molecule has 2 amide bonds. The highest BCUT2D eigenvalue weighted by Gasteiger charge is 2.67. The normalized spacial score (nSPS) is 30.1. The van der Waals surface area contributed by atoms with Gasteiger partial charge in [0.2, 0.25) is 11.8 Å². The molecule has 1 fully saturated rings. The summed E-state index contributed by atoms with van der Waals surface area (Å²) in [5.74, 6) is -3.18. The summed E-state index contributed by atoms with van der Waals surface area (Å²) < 4.78 is -0.789. The largest absolute Gasteiger partial charge is 0.550 e. The van der Waals surface area contributed by atoms with Gasteiger partial charge in [0, 0.05) is 24.9 Å². The van der Waals surface area contributed by atoms with Crippen LogP contribution < -0.4 is 5.11 Å². The number of carboxylic acid groups (broad SMARTS) is 1. The Morgan fingerprint density at radius 2 is 1.56 bits per heavy atom. The van der Waals surface area contributed by atoms with Gasteiger partial charge in [0.05, 0.1) is 16.2 Å². The highest BCUT2D eigenvalue weighted by atomic mass is 79.9. The first-order valence-corrected chi connectivity index (χ1v) is 9.68. The van der Waals surface area contributed by atoms with Gasteiger partial charge >= 0.3 is 0 Å². The number of amides is 2. The summed E-state index contributed by atoms with van der Waals surface area (Å²) in [6.07, 6.45) is -0.350. The molecule has 2 aromatic carbocycles. The number of imide groups is 1. The molecule has 0 unspecified atom stereocenters. The fourth-order valence-electron chi connectivity index (χ4n) is 5.16. The number of alkyl halides is 1. The monoisotopic (exact) mass is 424 g/mol. The molecule has 0 radical (unpaired) electrons. The lowest BCUT2D eigenvalue weighted by Crippen LogP contribution is -2.50. The van der Waals surface area contributed by atoms with Crippen LogP contribution in [-0.2, 0) is 18.7 Å². The van der Waals surface area contributed by atoms with Crippen LogP contribution in [0.1, 0.15) is 34.6 Å². The summed E-state index contributed by atoms with van der Waals surface area (Å²) in [5, 5.41) is 10.9. The highest BCUT2D eigenvalue weighted by molar-refractivity contribution is 9.09. The number of rotatable bonds is 3.